The first-order valence-corrected chi connectivity index (χ1v) is 10.2. The molecule has 0 amide bonds. The van der Waals surface area contributed by atoms with Crippen LogP contribution in [0.5, 0.6) is 0 Å². The Morgan fingerprint density at radius 2 is 1.73 bits per heavy atom. The van der Waals surface area contributed by atoms with Gasteiger partial charge < -0.3 is 5.32 Å². The van der Waals surface area contributed by atoms with E-state index in [0.29, 0.717) is 11.9 Å². The Bertz CT molecular complexity index is 1330. The molecule has 146 valence electrons. The molecule has 2 N–H and O–H groups in total. The van der Waals surface area contributed by atoms with E-state index in [9.17, 15) is 0 Å². The zero-order valence-electron chi connectivity index (χ0n) is 16.3. The normalized spacial score (nSPS) is 13.6. The van der Waals surface area contributed by atoms with Crippen LogP contribution < -0.4 is 5.32 Å². The maximum atomic E-state index is 4.90. The van der Waals surface area contributed by atoms with E-state index in [0.717, 1.165) is 28.3 Å². The van der Waals surface area contributed by atoms with E-state index in [4.69, 9.17) is 4.98 Å². The number of nitrogens with one attached hydrogen (secondary N) is 2. The number of H-pyrrole nitrogens is 1. The third-order valence-corrected chi connectivity index (χ3v) is 5.51. The van der Waals surface area contributed by atoms with Gasteiger partial charge in [-0.25, -0.2) is 9.97 Å². The number of aromatic amines is 1. The van der Waals surface area contributed by atoms with Crippen molar-refractivity contribution in [1.82, 2.24) is 24.6 Å². The molecule has 1 aliphatic rings. The van der Waals surface area contributed by atoms with Crippen molar-refractivity contribution in [3.8, 4) is 22.4 Å². The highest BCUT2D eigenvalue weighted by atomic mass is 15.3. The summed E-state index contributed by atoms with van der Waals surface area (Å²) in [6, 6.07) is 22.9. The zero-order valence-corrected chi connectivity index (χ0v) is 16.3. The summed E-state index contributed by atoms with van der Waals surface area (Å²) in [7, 11) is 0. The van der Waals surface area contributed by atoms with Crippen LogP contribution in [0.2, 0.25) is 0 Å². The SMILES string of the molecule is c1ccc(-c2cccc(-c3cc4nccn4c(Nc4cc(C5CC5)[nH]n4)n3)c2)cc1. The molecule has 6 rings (SSSR count). The van der Waals surface area contributed by atoms with E-state index in [-0.39, 0.29) is 0 Å². The van der Waals surface area contributed by atoms with E-state index >= 15 is 0 Å². The molecule has 5 aromatic rings. The average Bonchev–Trinajstić information content (AvgIpc) is 3.34. The summed E-state index contributed by atoms with van der Waals surface area (Å²) in [4.78, 5) is 9.39. The van der Waals surface area contributed by atoms with Gasteiger partial charge in [0, 0.05) is 41.7 Å². The Balaban J connectivity index is 1.40. The Labute approximate surface area is 173 Å². The molecule has 1 aliphatic carbocycles. The van der Waals surface area contributed by atoms with Crippen molar-refractivity contribution in [3.63, 3.8) is 0 Å². The second-order valence-electron chi connectivity index (χ2n) is 7.68. The fourth-order valence-electron chi connectivity index (χ4n) is 3.77. The van der Waals surface area contributed by atoms with E-state index in [1.807, 2.05) is 22.7 Å². The minimum Gasteiger partial charge on any atom is -0.308 e. The molecular formula is C24H20N6. The van der Waals surface area contributed by atoms with Gasteiger partial charge in [-0.3, -0.25) is 9.50 Å². The fraction of sp³-hybridized carbons (Fsp3) is 0.125. The van der Waals surface area contributed by atoms with E-state index < -0.39 is 0 Å². The molecular weight excluding hydrogens is 372 g/mol. The predicted molar refractivity (Wildman–Crippen MR) is 118 cm³/mol. The van der Waals surface area contributed by atoms with Crippen LogP contribution in [0.25, 0.3) is 28.0 Å². The molecule has 30 heavy (non-hydrogen) atoms. The first-order valence-electron chi connectivity index (χ1n) is 10.2. The largest absolute Gasteiger partial charge is 0.308 e. The maximum absolute atomic E-state index is 4.90. The van der Waals surface area contributed by atoms with Gasteiger partial charge in [0.05, 0.1) is 5.69 Å². The van der Waals surface area contributed by atoms with Crippen LogP contribution in [0.3, 0.4) is 0 Å². The molecule has 0 spiro atoms. The Hall–Kier alpha value is -3.93. The van der Waals surface area contributed by atoms with Crippen molar-refractivity contribution in [2.24, 2.45) is 0 Å². The van der Waals surface area contributed by atoms with Gasteiger partial charge in [0.25, 0.3) is 0 Å². The first kappa shape index (κ1) is 17.0. The number of rotatable bonds is 5. The van der Waals surface area contributed by atoms with Crippen molar-refractivity contribution in [2.45, 2.75) is 18.8 Å². The summed E-state index contributed by atoms with van der Waals surface area (Å²) in [5.74, 6) is 2.09. The monoisotopic (exact) mass is 392 g/mol. The van der Waals surface area contributed by atoms with Crippen LogP contribution in [0.4, 0.5) is 11.8 Å². The zero-order chi connectivity index (χ0) is 19.9. The molecule has 0 bridgehead atoms. The van der Waals surface area contributed by atoms with Gasteiger partial charge >= 0.3 is 0 Å². The molecule has 3 heterocycles. The van der Waals surface area contributed by atoms with Gasteiger partial charge in [-0.1, -0.05) is 48.5 Å². The van der Waals surface area contributed by atoms with Crippen molar-refractivity contribution in [1.29, 1.82) is 0 Å². The number of benzene rings is 2. The number of anilines is 2. The standard InChI is InChI=1S/C24H20N6/c1-2-5-16(6-3-1)18-7-4-8-19(13-18)20-15-23-25-11-12-30(23)24(26-20)27-22-14-21(28-29-22)17-9-10-17/h1-8,11-15,17H,9-10H2,(H2,26,27,28,29). The van der Waals surface area contributed by atoms with E-state index in [1.165, 1.54) is 24.1 Å². The first-order chi connectivity index (χ1) is 14.8. The lowest BCUT2D eigenvalue weighted by Crippen LogP contribution is -2.02. The van der Waals surface area contributed by atoms with Crippen LogP contribution in [0.1, 0.15) is 24.5 Å². The third kappa shape index (κ3) is 3.12. The smallest absolute Gasteiger partial charge is 0.214 e. The molecule has 0 aliphatic heterocycles. The maximum Gasteiger partial charge on any atom is 0.214 e. The van der Waals surface area contributed by atoms with Gasteiger partial charge in [0.15, 0.2) is 5.82 Å². The molecule has 1 fully saturated rings. The molecule has 1 saturated carbocycles. The topological polar surface area (TPSA) is 70.9 Å². The molecule has 6 nitrogen and oxygen atoms in total. The highest BCUT2D eigenvalue weighted by Crippen LogP contribution is 2.39. The van der Waals surface area contributed by atoms with Crippen molar-refractivity contribution < 1.29 is 0 Å². The summed E-state index contributed by atoms with van der Waals surface area (Å²) in [5.41, 5.74) is 6.28. The number of hydrogen-bond donors (Lipinski definition) is 2. The predicted octanol–water partition coefficient (Wildman–Crippen LogP) is 5.41. The lowest BCUT2D eigenvalue weighted by molar-refractivity contribution is 0.964. The minimum absolute atomic E-state index is 0.626. The number of imidazole rings is 1. The van der Waals surface area contributed by atoms with Crippen LogP contribution in [-0.4, -0.2) is 24.6 Å². The summed E-state index contributed by atoms with van der Waals surface area (Å²) in [5, 5.41) is 10.9. The van der Waals surface area contributed by atoms with Crippen LogP contribution in [0.15, 0.2) is 79.1 Å². The Kier molecular flexibility index (Phi) is 3.87. The molecule has 6 heteroatoms. The third-order valence-electron chi connectivity index (χ3n) is 5.51. The Morgan fingerprint density at radius 3 is 2.60 bits per heavy atom. The molecule has 0 saturated heterocycles. The number of fused-ring (bicyclic) bond motifs is 1. The highest BCUT2D eigenvalue weighted by Gasteiger charge is 2.25. The molecule has 2 aromatic carbocycles. The van der Waals surface area contributed by atoms with Gasteiger partial charge in [-0.15, -0.1) is 0 Å². The van der Waals surface area contributed by atoms with Gasteiger partial charge in [-0.05, 0) is 30.0 Å². The van der Waals surface area contributed by atoms with E-state index in [2.05, 4.69) is 75.1 Å². The van der Waals surface area contributed by atoms with Crippen molar-refractivity contribution in [3.05, 3.63) is 84.8 Å². The number of nitrogens with zero attached hydrogens (tertiary/aromatic N) is 4. The van der Waals surface area contributed by atoms with Crippen molar-refractivity contribution in [2.75, 3.05) is 5.32 Å². The van der Waals surface area contributed by atoms with Crippen LogP contribution >= 0.6 is 0 Å². The number of hydrogen-bond acceptors (Lipinski definition) is 4. The van der Waals surface area contributed by atoms with Gasteiger partial charge in [-0.2, -0.15) is 5.10 Å². The molecule has 3 aromatic heterocycles. The lowest BCUT2D eigenvalue weighted by Gasteiger charge is -2.10. The molecule has 0 unspecified atom stereocenters. The lowest BCUT2D eigenvalue weighted by atomic mass is 10.0. The van der Waals surface area contributed by atoms with E-state index in [1.54, 1.807) is 6.20 Å². The average molecular weight is 392 g/mol. The summed E-state index contributed by atoms with van der Waals surface area (Å²) in [6.07, 6.45) is 6.16. The molecule has 0 atom stereocenters. The second-order valence-corrected chi connectivity index (χ2v) is 7.68. The molecule has 0 radical (unpaired) electrons. The fourth-order valence-corrected chi connectivity index (χ4v) is 3.77. The van der Waals surface area contributed by atoms with Crippen molar-refractivity contribution >= 4 is 17.4 Å². The highest BCUT2D eigenvalue weighted by molar-refractivity contribution is 5.74. The quantitative estimate of drug-likeness (QED) is 0.420. The summed E-state index contributed by atoms with van der Waals surface area (Å²) in [6.45, 7) is 0. The van der Waals surface area contributed by atoms with Gasteiger partial charge in [0.2, 0.25) is 5.95 Å². The second kappa shape index (κ2) is 6.84. The summed E-state index contributed by atoms with van der Waals surface area (Å²) >= 11 is 0. The van der Waals surface area contributed by atoms with Crippen LogP contribution in [0, 0.1) is 0 Å². The van der Waals surface area contributed by atoms with Gasteiger partial charge in [0.1, 0.15) is 5.65 Å². The summed E-state index contributed by atoms with van der Waals surface area (Å²) < 4.78 is 1.94. The Morgan fingerprint density at radius 1 is 0.900 bits per heavy atom. The van der Waals surface area contributed by atoms with Crippen LogP contribution in [-0.2, 0) is 0 Å². The minimum atomic E-state index is 0.626. The number of aromatic nitrogens is 5.